The number of halogens is 1. The van der Waals surface area contributed by atoms with Crippen LogP contribution in [0.3, 0.4) is 0 Å². The van der Waals surface area contributed by atoms with Crippen molar-refractivity contribution >= 4 is 45.5 Å². The minimum absolute atomic E-state index is 0.0472. The molecule has 0 amide bonds. The minimum Gasteiger partial charge on any atom is -0.407 e. The van der Waals surface area contributed by atoms with Gasteiger partial charge in [0.05, 0.1) is 11.1 Å². The molecule has 0 spiro atoms. The molecular weight excluding hydrogens is 500 g/mol. The molecule has 0 aliphatic carbocycles. The lowest BCUT2D eigenvalue weighted by Gasteiger charge is -2.43. The van der Waals surface area contributed by atoms with E-state index in [1.54, 1.807) is 0 Å². The number of fused-ring (bicyclic) bond motifs is 1. The van der Waals surface area contributed by atoms with Crippen molar-refractivity contribution in [2.24, 2.45) is 5.92 Å². The Morgan fingerprint density at radius 1 is 0.971 bits per heavy atom. The highest BCUT2D eigenvalue weighted by Gasteiger charge is 2.50. The fraction of sp³-hybridized carbons (Fsp3) is 0.276. The Morgan fingerprint density at radius 3 is 2.09 bits per heavy atom. The molecule has 0 aliphatic rings. The molecule has 34 heavy (non-hydrogen) atoms. The van der Waals surface area contributed by atoms with Crippen LogP contribution in [0.5, 0.6) is 0 Å². The maximum atomic E-state index is 9.61. The topological polar surface area (TPSA) is 38.0 Å². The first-order valence-corrected chi connectivity index (χ1v) is 14.4. The number of aromatic nitrogens is 1. The average molecular weight is 532 g/mol. The molecule has 0 N–H and O–H groups in total. The Balaban J connectivity index is 1.67. The van der Waals surface area contributed by atoms with E-state index in [0.717, 1.165) is 21.9 Å². The molecule has 0 fully saturated rings. The third kappa shape index (κ3) is 4.63. The van der Waals surface area contributed by atoms with Crippen LogP contribution in [-0.2, 0) is 11.0 Å². The number of nitriles is 1. The maximum Gasteiger partial charge on any atom is 0.261 e. The monoisotopic (exact) mass is 530 g/mol. The van der Waals surface area contributed by atoms with Crippen LogP contribution in [-0.4, -0.2) is 19.5 Å². The van der Waals surface area contributed by atoms with Crippen molar-refractivity contribution in [2.45, 2.75) is 39.3 Å². The van der Waals surface area contributed by atoms with Crippen LogP contribution in [0, 0.1) is 17.2 Å². The second kappa shape index (κ2) is 9.91. The number of hydrogen-bond donors (Lipinski definition) is 0. The highest BCUT2D eigenvalue weighted by atomic mass is 79.9. The van der Waals surface area contributed by atoms with E-state index < -0.39 is 8.32 Å². The SMILES string of the molecule is C[C@H](CO[Si](c1ccccc1)(c1ccccc1)C(C)(C)C)Cn1cc(C#N)c2ccc(Br)cc21. The number of nitrogens with zero attached hydrogens (tertiary/aromatic N) is 2. The first kappa shape index (κ1) is 24.5. The van der Waals surface area contributed by atoms with Gasteiger partial charge in [0, 0.05) is 29.2 Å². The Bertz CT molecular complexity index is 1260. The van der Waals surface area contributed by atoms with E-state index in [4.69, 9.17) is 4.43 Å². The third-order valence-corrected chi connectivity index (χ3v) is 12.0. The first-order chi connectivity index (χ1) is 16.3. The number of benzene rings is 3. The van der Waals surface area contributed by atoms with Crippen molar-refractivity contribution in [3.05, 3.63) is 95.1 Å². The predicted octanol–water partition coefficient (Wildman–Crippen LogP) is 6.49. The highest BCUT2D eigenvalue weighted by Crippen LogP contribution is 2.37. The van der Waals surface area contributed by atoms with Crippen LogP contribution in [0.4, 0.5) is 0 Å². The van der Waals surface area contributed by atoms with Gasteiger partial charge in [-0.25, -0.2) is 0 Å². The van der Waals surface area contributed by atoms with E-state index in [1.165, 1.54) is 10.4 Å². The van der Waals surface area contributed by atoms with Gasteiger partial charge < -0.3 is 8.99 Å². The van der Waals surface area contributed by atoms with Crippen molar-refractivity contribution in [1.29, 1.82) is 5.26 Å². The van der Waals surface area contributed by atoms with E-state index >= 15 is 0 Å². The summed E-state index contributed by atoms with van der Waals surface area (Å²) in [5.41, 5.74) is 1.78. The minimum atomic E-state index is -2.56. The second-order valence-corrected chi connectivity index (χ2v) is 15.3. The van der Waals surface area contributed by atoms with Gasteiger partial charge in [0.1, 0.15) is 6.07 Å². The smallest absolute Gasteiger partial charge is 0.261 e. The van der Waals surface area contributed by atoms with Crippen LogP contribution < -0.4 is 10.4 Å². The Labute approximate surface area is 212 Å². The molecular formula is C29H31BrN2OSi. The summed E-state index contributed by atoms with van der Waals surface area (Å²) >= 11 is 3.58. The van der Waals surface area contributed by atoms with Crippen molar-refractivity contribution in [3.8, 4) is 6.07 Å². The van der Waals surface area contributed by atoms with Crippen LogP contribution >= 0.6 is 15.9 Å². The van der Waals surface area contributed by atoms with E-state index in [1.807, 2.05) is 18.3 Å². The lowest BCUT2D eigenvalue weighted by Crippen LogP contribution is -2.66. The van der Waals surface area contributed by atoms with Crippen molar-refractivity contribution in [3.63, 3.8) is 0 Å². The average Bonchev–Trinajstić information content (AvgIpc) is 3.16. The Hall–Kier alpha value is -2.65. The van der Waals surface area contributed by atoms with Gasteiger partial charge in [-0.15, -0.1) is 0 Å². The van der Waals surface area contributed by atoms with Crippen LogP contribution in [0.1, 0.15) is 33.3 Å². The van der Waals surface area contributed by atoms with E-state index in [-0.39, 0.29) is 11.0 Å². The molecule has 4 aromatic rings. The number of rotatable bonds is 7. The van der Waals surface area contributed by atoms with Gasteiger partial charge >= 0.3 is 0 Å². The van der Waals surface area contributed by atoms with Gasteiger partial charge in [0.2, 0.25) is 0 Å². The van der Waals surface area contributed by atoms with E-state index in [2.05, 4.69) is 121 Å². The summed E-state index contributed by atoms with van der Waals surface area (Å²) < 4.78 is 10.3. The molecule has 5 heteroatoms. The lowest BCUT2D eigenvalue weighted by atomic mass is 10.2. The molecule has 0 saturated carbocycles. The molecule has 3 nitrogen and oxygen atoms in total. The molecule has 0 bridgehead atoms. The molecule has 3 aromatic carbocycles. The van der Waals surface area contributed by atoms with Gasteiger partial charge in [-0.2, -0.15) is 5.26 Å². The fourth-order valence-electron chi connectivity index (χ4n) is 4.92. The maximum absolute atomic E-state index is 9.61. The van der Waals surface area contributed by atoms with E-state index in [0.29, 0.717) is 12.2 Å². The standard InChI is InChI=1S/C29H31BrN2OSi/c1-22(19-32-20-23(18-31)27-16-15-24(30)17-28(27)32)21-33-34(29(2,3)4,25-11-7-5-8-12-25)26-13-9-6-10-14-26/h5-17,20,22H,19,21H2,1-4H3/t22-/m0/s1. The molecule has 1 atom stereocenters. The van der Waals surface area contributed by atoms with E-state index in [9.17, 15) is 5.26 Å². The summed E-state index contributed by atoms with van der Waals surface area (Å²) in [6, 6.07) is 30.0. The van der Waals surface area contributed by atoms with Crippen LogP contribution in [0.2, 0.25) is 5.04 Å². The van der Waals surface area contributed by atoms with Crippen LogP contribution in [0.25, 0.3) is 10.9 Å². The van der Waals surface area contributed by atoms with Gasteiger partial charge in [-0.3, -0.25) is 0 Å². The summed E-state index contributed by atoms with van der Waals surface area (Å²) in [5.74, 6) is 0.266. The van der Waals surface area contributed by atoms with Gasteiger partial charge in [0.15, 0.2) is 0 Å². The molecule has 0 radical (unpaired) electrons. The molecule has 4 rings (SSSR count). The molecule has 1 aromatic heterocycles. The molecule has 0 unspecified atom stereocenters. The van der Waals surface area contributed by atoms with Crippen molar-refractivity contribution in [2.75, 3.05) is 6.61 Å². The van der Waals surface area contributed by atoms with Gasteiger partial charge in [-0.1, -0.05) is 110 Å². The largest absolute Gasteiger partial charge is 0.407 e. The fourth-order valence-corrected chi connectivity index (χ4v) is 9.96. The summed E-state index contributed by atoms with van der Waals surface area (Å²) in [4.78, 5) is 0. The zero-order chi connectivity index (χ0) is 24.3. The first-order valence-electron chi connectivity index (χ1n) is 11.7. The molecule has 1 heterocycles. The Morgan fingerprint density at radius 2 is 1.56 bits per heavy atom. The lowest BCUT2D eigenvalue weighted by molar-refractivity contribution is 0.232. The predicted molar refractivity (Wildman–Crippen MR) is 147 cm³/mol. The third-order valence-electron chi connectivity index (χ3n) is 6.47. The molecule has 0 saturated heterocycles. The normalized spacial score (nSPS) is 13.1. The Kier molecular flexibility index (Phi) is 7.13. The zero-order valence-corrected chi connectivity index (χ0v) is 22.8. The van der Waals surface area contributed by atoms with Crippen molar-refractivity contribution < 1.29 is 4.43 Å². The van der Waals surface area contributed by atoms with Crippen molar-refractivity contribution in [1.82, 2.24) is 4.57 Å². The zero-order valence-electron chi connectivity index (χ0n) is 20.3. The number of hydrogen-bond acceptors (Lipinski definition) is 2. The highest BCUT2D eigenvalue weighted by molar-refractivity contribution is 9.10. The quantitative estimate of drug-likeness (QED) is 0.256. The molecule has 0 aliphatic heterocycles. The summed E-state index contributed by atoms with van der Waals surface area (Å²) in [6.45, 7) is 10.6. The summed E-state index contributed by atoms with van der Waals surface area (Å²) in [6.07, 6.45) is 1.97. The van der Waals surface area contributed by atoms with Gasteiger partial charge in [0.25, 0.3) is 8.32 Å². The summed E-state index contributed by atoms with van der Waals surface area (Å²) in [7, 11) is -2.56. The molecule has 174 valence electrons. The second-order valence-electron chi connectivity index (χ2n) is 10.0. The van der Waals surface area contributed by atoms with Crippen LogP contribution in [0.15, 0.2) is 89.5 Å². The summed E-state index contributed by atoms with van der Waals surface area (Å²) in [5, 5.41) is 13.1. The van der Waals surface area contributed by atoms with Gasteiger partial charge in [-0.05, 0) is 33.5 Å².